The molecule has 25 heavy (non-hydrogen) atoms. The molecule has 5 nitrogen and oxygen atoms in total. The third-order valence-electron chi connectivity index (χ3n) is 4.50. The summed E-state index contributed by atoms with van der Waals surface area (Å²) in [7, 11) is 1.89. The zero-order valence-corrected chi connectivity index (χ0v) is 14.1. The predicted octanol–water partition coefficient (Wildman–Crippen LogP) is 3.29. The summed E-state index contributed by atoms with van der Waals surface area (Å²) < 4.78 is 1.83. The highest BCUT2D eigenvalue weighted by Crippen LogP contribution is 2.35. The molecule has 0 saturated carbocycles. The Morgan fingerprint density at radius 3 is 2.56 bits per heavy atom. The van der Waals surface area contributed by atoms with E-state index in [4.69, 9.17) is 0 Å². The highest BCUT2D eigenvalue weighted by molar-refractivity contribution is 5.90. The van der Waals surface area contributed by atoms with Crippen LogP contribution < -0.4 is 0 Å². The first-order valence-corrected chi connectivity index (χ1v) is 8.05. The Morgan fingerprint density at radius 1 is 1.04 bits per heavy atom. The largest absolute Gasteiger partial charge is 0.379 e. The molecule has 0 bridgehead atoms. The molecule has 5 heteroatoms. The molecule has 2 heterocycles. The molecule has 0 saturated heterocycles. The number of hydrogen-bond acceptors (Lipinski definition) is 4. The van der Waals surface area contributed by atoms with E-state index in [1.54, 1.807) is 25.6 Å². The van der Waals surface area contributed by atoms with Gasteiger partial charge < -0.3 is 9.67 Å². The van der Waals surface area contributed by atoms with Crippen LogP contribution >= 0.6 is 0 Å². The predicted molar refractivity (Wildman–Crippen MR) is 96.9 cm³/mol. The number of hydrogen-bond donors (Lipinski definition) is 1. The minimum atomic E-state index is -1.19. The van der Waals surface area contributed by atoms with E-state index in [1.807, 2.05) is 42.1 Å². The van der Waals surface area contributed by atoms with Gasteiger partial charge in [-0.3, -0.25) is 0 Å². The Bertz CT molecular complexity index is 1040. The van der Waals surface area contributed by atoms with Gasteiger partial charge in [0.1, 0.15) is 11.9 Å². The molecule has 0 spiro atoms. The summed E-state index contributed by atoms with van der Waals surface area (Å²) in [5, 5.41) is 13.3. The van der Waals surface area contributed by atoms with Crippen molar-refractivity contribution in [2.75, 3.05) is 0 Å². The lowest BCUT2D eigenvalue weighted by atomic mass is 9.87. The summed E-state index contributed by atoms with van der Waals surface area (Å²) in [6, 6.07) is 12.1. The number of aryl methyl sites for hydroxylation is 1. The van der Waals surface area contributed by atoms with E-state index >= 15 is 0 Å². The maximum absolute atomic E-state index is 11.2. The number of aliphatic hydroxyl groups is 1. The molecule has 124 valence electrons. The zero-order valence-electron chi connectivity index (χ0n) is 14.1. The van der Waals surface area contributed by atoms with Gasteiger partial charge >= 0.3 is 0 Å². The van der Waals surface area contributed by atoms with E-state index < -0.39 is 5.60 Å². The zero-order chi connectivity index (χ0) is 17.4. The fourth-order valence-corrected chi connectivity index (χ4v) is 3.13. The van der Waals surface area contributed by atoms with E-state index in [9.17, 15) is 5.11 Å². The van der Waals surface area contributed by atoms with Gasteiger partial charge in [0.2, 0.25) is 0 Å². The molecule has 1 unspecified atom stereocenters. The van der Waals surface area contributed by atoms with Gasteiger partial charge in [0.25, 0.3) is 0 Å². The van der Waals surface area contributed by atoms with Crippen molar-refractivity contribution < 1.29 is 5.11 Å². The lowest BCUT2D eigenvalue weighted by Gasteiger charge is -2.24. The summed E-state index contributed by atoms with van der Waals surface area (Å²) in [6.07, 6.45) is 8.62. The van der Waals surface area contributed by atoms with Gasteiger partial charge in [0.05, 0.1) is 12.0 Å². The Morgan fingerprint density at radius 2 is 1.84 bits per heavy atom. The summed E-state index contributed by atoms with van der Waals surface area (Å²) >= 11 is 0. The minimum Gasteiger partial charge on any atom is -0.379 e. The number of imidazole rings is 1. The number of aromatic nitrogens is 4. The Kier molecular flexibility index (Phi) is 3.58. The van der Waals surface area contributed by atoms with Gasteiger partial charge in [-0.15, -0.1) is 0 Å². The van der Waals surface area contributed by atoms with Crippen molar-refractivity contribution in [2.24, 2.45) is 7.05 Å². The number of rotatable bonds is 3. The number of fused-ring (bicyclic) bond motifs is 1. The first-order chi connectivity index (χ1) is 12.1. The van der Waals surface area contributed by atoms with Crippen LogP contribution in [0.15, 0.2) is 67.6 Å². The van der Waals surface area contributed by atoms with Crippen LogP contribution in [-0.4, -0.2) is 24.6 Å². The Labute approximate surface area is 145 Å². The summed E-state index contributed by atoms with van der Waals surface area (Å²) in [4.78, 5) is 12.5. The first-order valence-electron chi connectivity index (χ1n) is 8.05. The van der Waals surface area contributed by atoms with Gasteiger partial charge in [-0.2, -0.15) is 0 Å². The van der Waals surface area contributed by atoms with Crippen molar-refractivity contribution in [3.63, 3.8) is 0 Å². The van der Waals surface area contributed by atoms with Gasteiger partial charge in [0.15, 0.2) is 0 Å². The molecule has 1 atom stereocenters. The molecule has 2 aromatic heterocycles. The molecule has 0 amide bonds. The second kappa shape index (κ2) is 5.79. The second-order valence-electron chi connectivity index (χ2n) is 6.37. The number of nitrogens with zero attached hydrogens (tertiary/aromatic N) is 4. The molecule has 4 rings (SSSR count). The van der Waals surface area contributed by atoms with Crippen LogP contribution in [0.2, 0.25) is 0 Å². The van der Waals surface area contributed by atoms with Crippen molar-refractivity contribution in [1.82, 2.24) is 19.5 Å². The van der Waals surface area contributed by atoms with Crippen molar-refractivity contribution >= 4 is 10.8 Å². The molecule has 2 aromatic carbocycles. The fraction of sp³-hybridized carbons (Fsp3) is 0.150. The van der Waals surface area contributed by atoms with E-state index in [0.717, 1.165) is 27.5 Å². The molecule has 0 fully saturated rings. The summed E-state index contributed by atoms with van der Waals surface area (Å²) in [5.74, 6) is 0. The maximum Gasteiger partial charge on any atom is 0.131 e. The summed E-state index contributed by atoms with van der Waals surface area (Å²) in [5.41, 5.74) is 2.21. The van der Waals surface area contributed by atoms with Crippen LogP contribution in [0.25, 0.3) is 21.9 Å². The third kappa shape index (κ3) is 2.68. The molecule has 4 aromatic rings. The van der Waals surface area contributed by atoms with Crippen LogP contribution in [0.1, 0.15) is 18.2 Å². The summed E-state index contributed by atoms with van der Waals surface area (Å²) in [6.45, 7) is 1.78. The molecular formula is C20H18N4O. The molecule has 0 aliphatic rings. The van der Waals surface area contributed by atoms with Gasteiger partial charge in [-0.05, 0) is 34.9 Å². The molecular weight excluding hydrogens is 312 g/mol. The van der Waals surface area contributed by atoms with Crippen LogP contribution in [0.3, 0.4) is 0 Å². The third-order valence-corrected chi connectivity index (χ3v) is 4.50. The molecule has 0 aliphatic heterocycles. The van der Waals surface area contributed by atoms with Crippen LogP contribution in [0, 0.1) is 0 Å². The van der Waals surface area contributed by atoms with Crippen LogP contribution in [0.5, 0.6) is 0 Å². The fourth-order valence-electron chi connectivity index (χ4n) is 3.13. The quantitative estimate of drug-likeness (QED) is 0.626. The van der Waals surface area contributed by atoms with E-state index in [0.29, 0.717) is 5.69 Å². The molecule has 0 radical (unpaired) electrons. The lowest BCUT2D eigenvalue weighted by Crippen LogP contribution is -2.23. The lowest BCUT2D eigenvalue weighted by molar-refractivity contribution is 0.0994. The van der Waals surface area contributed by atoms with E-state index in [2.05, 4.69) is 27.1 Å². The molecule has 1 N–H and O–H groups in total. The van der Waals surface area contributed by atoms with Crippen molar-refractivity contribution in [3.8, 4) is 11.1 Å². The van der Waals surface area contributed by atoms with Crippen molar-refractivity contribution in [3.05, 3.63) is 78.9 Å². The van der Waals surface area contributed by atoms with Crippen LogP contribution in [0.4, 0.5) is 0 Å². The normalized spacial score (nSPS) is 13.7. The Balaban J connectivity index is 1.92. The van der Waals surface area contributed by atoms with Crippen molar-refractivity contribution in [2.45, 2.75) is 12.5 Å². The van der Waals surface area contributed by atoms with E-state index in [1.165, 1.54) is 6.33 Å². The number of benzene rings is 2. The average Bonchev–Trinajstić information content (AvgIpc) is 3.09. The van der Waals surface area contributed by atoms with E-state index in [-0.39, 0.29) is 0 Å². The standard InChI is InChI=1S/C20H18N4O/c1-20(25,19-11-24(2)13-23-19)18-5-3-4-14-6-7-15(8-17(14)18)16-9-21-12-22-10-16/h3-13,25H,1-2H3. The topological polar surface area (TPSA) is 63.8 Å². The smallest absolute Gasteiger partial charge is 0.131 e. The second-order valence-corrected chi connectivity index (χ2v) is 6.37. The Hall–Kier alpha value is -3.05. The monoisotopic (exact) mass is 330 g/mol. The van der Waals surface area contributed by atoms with Gasteiger partial charge in [-0.1, -0.05) is 30.3 Å². The SMILES string of the molecule is Cn1cnc(C(C)(O)c2cccc3ccc(-c4cncnc4)cc23)c1. The van der Waals surface area contributed by atoms with Crippen LogP contribution in [-0.2, 0) is 12.6 Å². The maximum atomic E-state index is 11.2. The van der Waals surface area contributed by atoms with Gasteiger partial charge in [-0.25, -0.2) is 15.0 Å². The van der Waals surface area contributed by atoms with Gasteiger partial charge in [0, 0.05) is 31.2 Å². The average molecular weight is 330 g/mol. The minimum absolute atomic E-state index is 0.621. The first kappa shape index (κ1) is 15.5. The highest BCUT2D eigenvalue weighted by Gasteiger charge is 2.29. The molecule has 0 aliphatic carbocycles. The highest BCUT2D eigenvalue weighted by atomic mass is 16.3. The van der Waals surface area contributed by atoms with Crippen molar-refractivity contribution in [1.29, 1.82) is 0 Å².